The van der Waals surface area contributed by atoms with Gasteiger partial charge in [-0.3, -0.25) is 4.79 Å². The summed E-state index contributed by atoms with van der Waals surface area (Å²) in [6.07, 6.45) is 6.59. The van der Waals surface area contributed by atoms with Crippen molar-refractivity contribution in [3.63, 3.8) is 0 Å². The molecule has 0 aromatic heterocycles. The van der Waals surface area contributed by atoms with E-state index in [1.165, 1.54) is 5.56 Å². The van der Waals surface area contributed by atoms with Gasteiger partial charge in [0.2, 0.25) is 0 Å². The van der Waals surface area contributed by atoms with Crippen molar-refractivity contribution in [2.45, 2.75) is 69.8 Å². The van der Waals surface area contributed by atoms with Gasteiger partial charge in [-0.1, -0.05) is 43.5 Å². The summed E-state index contributed by atoms with van der Waals surface area (Å²) in [6.45, 7) is 4.17. The van der Waals surface area contributed by atoms with Crippen LogP contribution >= 0.6 is 0 Å². The minimum Gasteiger partial charge on any atom is -0.481 e. The lowest BCUT2D eigenvalue weighted by molar-refractivity contribution is -0.145. The minimum absolute atomic E-state index is 0.121. The maximum absolute atomic E-state index is 11.8. The number of hydrogen-bond acceptors (Lipinski definition) is 2. The number of rotatable bonds is 6. The fourth-order valence-electron chi connectivity index (χ4n) is 3.32. The highest BCUT2D eigenvalue weighted by atomic mass is 16.5. The minimum atomic E-state index is -0.666. The fourth-order valence-corrected chi connectivity index (χ4v) is 3.32. The first-order chi connectivity index (χ1) is 10.4. The Morgan fingerprint density at radius 2 is 1.77 bits per heavy atom. The Balaban J connectivity index is 2.12. The number of carbonyl (C=O) groups is 1. The maximum atomic E-state index is 11.8. The second-order valence-corrected chi connectivity index (χ2v) is 7.11. The zero-order chi connectivity index (χ0) is 16.2. The van der Waals surface area contributed by atoms with Crippen molar-refractivity contribution in [3.05, 3.63) is 35.4 Å². The van der Waals surface area contributed by atoms with Crippen LogP contribution in [-0.2, 0) is 21.4 Å². The molecule has 1 N–H and O–H groups in total. The van der Waals surface area contributed by atoms with Crippen molar-refractivity contribution in [3.8, 4) is 0 Å². The van der Waals surface area contributed by atoms with Crippen molar-refractivity contribution >= 4 is 5.97 Å². The van der Waals surface area contributed by atoms with E-state index in [9.17, 15) is 9.90 Å². The summed E-state index contributed by atoms with van der Waals surface area (Å²) in [5, 5.41) is 9.74. The van der Waals surface area contributed by atoms with Crippen LogP contribution in [0.5, 0.6) is 0 Å². The largest absolute Gasteiger partial charge is 0.481 e. The SMILES string of the molecule is COC(C)(C)CCc1ccc(C2(C(=O)O)CCCCC2)cc1. The van der Waals surface area contributed by atoms with Gasteiger partial charge < -0.3 is 9.84 Å². The van der Waals surface area contributed by atoms with Crippen molar-refractivity contribution < 1.29 is 14.6 Å². The third-order valence-corrected chi connectivity index (χ3v) is 5.19. The van der Waals surface area contributed by atoms with Crippen LogP contribution < -0.4 is 0 Å². The van der Waals surface area contributed by atoms with E-state index >= 15 is 0 Å². The number of aryl methyl sites for hydroxylation is 1. The third-order valence-electron chi connectivity index (χ3n) is 5.19. The summed E-state index contributed by atoms with van der Waals surface area (Å²) < 4.78 is 5.45. The van der Waals surface area contributed by atoms with Gasteiger partial charge in [0.15, 0.2) is 0 Å². The van der Waals surface area contributed by atoms with Crippen LogP contribution in [0.3, 0.4) is 0 Å². The molecule has 22 heavy (non-hydrogen) atoms. The first kappa shape index (κ1) is 17.0. The van der Waals surface area contributed by atoms with Crippen molar-refractivity contribution in [2.24, 2.45) is 0 Å². The predicted octanol–water partition coefficient (Wildman–Crippen LogP) is 4.33. The van der Waals surface area contributed by atoms with E-state index in [4.69, 9.17) is 4.74 Å². The van der Waals surface area contributed by atoms with Crippen LogP contribution in [0.15, 0.2) is 24.3 Å². The molecule has 1 saturated carbocycles. The molecule has 0 amide bonds. The van der Waals surface area contributed by atoms with Crippen molar-refractivity contribution in [1.82, 2.24) is 0 Å². The van der Waals surface area contributed by atoms with Gasteiger partial charge in [-0.15, -0.1) is 0 Å². The molecule has 2 rings (SSSR count). The summed E-state index contributed by atoms with van der Waals surface area (Å²) in [7, 11) is 1.74. The zero-order valence-electron chi connectivity index (χ0n) is 14.0. The Labute approximate surface area is 133 Å². The number of carboxylic acids is 1. The molecular weight excluding hydrogens is 276 g/mol. The number of carboxylic acid groups (broad SMARTS) is 1. The monoisotopic (exact) mass is 304 g/mol. The van der Waals surface area contributed by atoms with E-state index < -0.39 is 11.4 Å². The topological polar surface area (TPSA) is 46.5 Å². The third kappa shape index (κ3) is 3.70. The molecule has 3 nitrogen and oxygen atoms in total. The second kappa shape index (κ2) is 6.82. The molecule has 0 radical (unpaired) electrons. The highest BCUT2D eigenvalue weighted by Gasteiger charge is 2.41. The van der Waals surface area contributed by atoms with Gasteiger partial charge in [0.05, 0.1) is 11.0 Å². The summed E-state index contributed by atoms with van der Waals surface area (Å²) in [5.41, 5.74) is 1.42. The van der Waals surface area contributed by atoms with Crippen LogP contribution in [0.1, 0.15) is 63.5 Å². The van der Waals surface area contributed by atoms with Gasteiger partial charge in [0.1, 0.15) is 0 Å². The molecule has 0 bridgehead atoms. The normalized spacial score (nSPS) is 18.1. The van der Waals surface area contributed by atoms with Gasteiger partial charge in [0.25, 0.3) is 0 Å². The molecule has 0 unspecified atom stereocenters. The molecule has 0 saturated heterocycles. The number of benzene rings is 1. The average molecular weight is 304 g/mol. The van der Waals surface area contributed by atoms with Gasteiger partial charge in [-0.2, -0.15) is 0 Å². The van der Waals surface area contributed by atoms with Gasteiger partial charge in [-0.25, -0.2) is 0 Å². The quantitative estimate of drug-likeness (QED) is 0.851. The van der Waals surface area contributed by atoms with Crippen LogP contribution in [0.2, 0.25) is 0 Å². The summed E-state index contributed by atoms with van der Waals surface area (Å²) >= 11 is 0. The number of hydrogen-bond donors (Lipinski definition) is 1. The molecule has 122 valence electrons. The second-order valence-electron chi connectivity index (χ2n) is 7.11. The molecule has 0 heterocycles. The van der Waals surface area contributed by atoms with Gasteiger partial charge in [0, 0.05) is 7.11 Å². The highest BCUT2D eigenvalue weighted by molar-refractivity contribution is 5.81. The van der Waals surface area contributed by atoms with Gasteiger partial charge >= 0.3 is 5.97 Å². The predicted molar refractivity (Wildman–Crippen MR) is 88.2 cm³/mol. The highest BCUT2D eigenvalue weighted by Crippen LogP contribution is 2.39. The lowest BCUT2D eigenvalue weighted by Gasteiger charge is -2.33. The van der Waals surface area contributed by atoms with Crippen LogP contribution in [-0.4, -0.2) is 23.8 Å². The molecule has 0 spiro atoms. The standard InChI is InChI=1S/C19H28O3/c1-18(2,22-3)14-11-15-7-9-16(10-8-15)19(17(20)21)12-5-4-6-13-19/h7-10H,4-6,11-14H2,1-3H3,(H,20,21). The van der Waals surface area contributed by atoms with E-state index in [0.717, 1.165) is 50.5 Å². The molecule has 1 aromatic carbocycles. The summed E-state index contributed by atoms with van der Waals surface area (Å²) in [5.74, 6) is -0.666. The van der Waals surface area contributed by atoms with Crippen LogP contribution in [0, 0.1) is 0 Å². The Hall–Kier alpha value is -1.35. The lowest BCUT2D eigenvalue weighted by atomic mass is 9.69. The van der Waals surface area contributed by atoms with E-state index in [-0.39, 0.29) is 5.60 Å². The van der Waals surface area contributed by atoms with Crippen LogP contribution in [0.25, 0.3) is 0 Å². The molecule has 1 fully saturated rings. The number of methoxy groups -OCH3 is 1. The molecule has 1 aliphatic carbocycles. The number of aliphatic carboxylic acids is 1. The fraction of sp³-hybridized carbons (Fsp3) is 0.632. The van der Waals surface area contributed by atoms with E-state index in [0.29, 0.717) is 0 Å². The Morgan fingerprint density at radius 3 is 2.27 bits per heavy atom. The average Bonchev–Trinajstić information content (AvgIpc) is 2.54. The van der Waals surface area contributed by atoms with Crippen LogP contribution in [0.4, 0.5) is 0 Å². The van der Waals surface area contributed by atoms with E-state index in [2.05, 4.69) is 26.0 Å². The van der Waals surface area contributed by atoms with E-state index in [1.807, 2.05) is 12.1 Å². The van der Waals surface area contributed by atoms with E-state index in [1.54, 1.807) is 7.11 Å². The lowest BCUT2D eigenvalue weighted by Crippen LogP contribution is -2.37. The molecule has 0 atom stereocenters. The van der Waals surface area contributed by atoms with Gasteiger partial charge in [-0.05, 0) is 50.7 Å². The Bertz CT molecular complexity index is 496. The molecular formula is C19H28O3. The molecule has 3 heteroatoms. The molecule has 1 aromatic rings. The first-order valence-corrected chi connectivity index (χ1v) is 8.28. The molecule has 1 aliphatic rings. The summed E-state index contributed by atoms with van der Waals surface area (Å²) in [6, 6.07) is 8.21. The smallest absolute Gasteiger partial charge is 0.314 e. The maximum Gasteiger partial charge on any atom is 0.314 e. The van der Waals surface area contributed by atoms with Crippen molar-refractivity contribution in [2.75, 3.05) is 7.11 Å². The molecule has 0 aliphatic heterocycles. The first-order valence-electron chi connectivity index (χ1n) is 8.28. The Morgan fingerprint density at radius 1 is 1.18 bits per heavy atom. The van der Waals surface area contributed by atoms with Crippen molar-refractivity contribution in [1.29, 1.82) is 0 Å². The zero-order valence-corrected chi connectivity index (χ0v) is 14.0. The Kier molecular flexibility index (Phi) is 5.28. The summed E-state index contributed by atoms with van der Waals surface area (Å²) in [4.78, 5) is 11.8. The number of ether oxygens (including phenoxy) is 1.